The van der Waals surface area contributed by atoms with Crippen molar-refractivity contribution in [2.24, 2.45) is 17.1 Å². The Morgan fingerprint density at radius 1 is 1.58 bits per heavy atom. The fraction of sp³-hybridized carbons (Fsp3) is 0.929. The molecule has 2 aliphatic rings. The normalized spacial score (nSPS) is 37.4. The van der Waals surface area contributed by atoms with Crippen molar-refractivity contribution in [2.75, 3.05) is 25.7 Å². The summed E-state index contributed by atoms with van der Waals surface area (Å²) in [4.78, 5) is 14.7. The van der Waals surface area contributed by atoms with Crippen LogP contribution in [0.1, 0.15) is 27.2 Å². The van der Waals surface area contributed by atoms with Crippen LogP contribution in [0.4, 0.5) is 0 Å². The Bertz CT molecular complexity index is 374. The van der Waals surface area contributed by atoms with Crippen molar-refractivity contribution < 1.29 is 9.53 Å². The van der Waals surface area contributed by atoms with E-state index < -0.39 is 5.54 Å². The zero-order valence-electron chi connectivity index (χ0n) is 12.6. The number of amides is 1. The van der Waals surface area contributed by atoms with Gasteiger partial charge in [-0.05, 0) is 19.6 Å². The summed E-state index contributed by atoms with van der Waals surface area (Å²) in [6.45, 7) is 6.93. The Morgan fingerprint density at radius 2 is 2.21 bits per heavy atom. The van der Waals surface area contributed by atoms with Crippen LogP contribution in [-0.2, 0) is 9.53 Å². The van der Waals surface area contributed by atoms with Crippen molar-refractivity contribution in [1.29, 1.82) is 0 Å². The molecule has 2 fully saturated rings. The Hall–Kier alpha value is -0.260. The van der Waals surface area contributed by atoms with Crippen LogP contribution >= 0.6 is 11.8 Å². The van der Waals surface area contributed by atoms with Crippen LogP contribution in [-0.4, -0.2) is 54.2 Å². The van der Waals surface area contributed by atoms with Crippen molar-refractivity contribution in [3.05, 3.63) is 0 Å². The number of fused-ring (bicyclic) bond motifs is 1. The van der Waals surface area contributed by atoms with Crippen molar-refractivity contribution in [3.63, 3.8) is 0 Å². The first-order valence-corrected chi connectivity index (χ1v) is 8.34. The van der Waals surface area contributed by atoms with Crippen LogP contribution in [0.25, 0.3) is 0 Å². The second-order valence-corrected chi connectivity index (χ2v) is 7.41. The molecule has 0 radical (unpaired) electrons. The number of carbonyl (C=O) groups excluding carboxylic acids is 1. The zero-order valence-corrected chi connectivity index (χ0v) is 13.4. The third-order valence-corrected chi connectivity index (χ3v) is 6.01. The average molecular weight is 286 g/mol. The number of likely N-dealkylation sites (N-methyl/N-ethyl adjacent to an activating group) is 1. The number of rotatable bonds is 4. The highest BCUT2D eigenvalue weighted by Gasteiger charge is 2.71. The molecule has 1 saturated heterocycles. The summed E-state index contributed by atoms with van der Waals surface area (Å²) in [5.74, 6) is 1.19. The molecule has 0 spiro atoms. The molecule has 110 valence electrons. The second kappa shape index (κ2) is 4.93. The summed E-state index contributed by atoms with van der Waals surface area (Å²) >= 11 is 1.75. The quantitative estimate of drug-likeness (QED) is 0.847. The molecule has 0 aromatic heterocycles. The number of hydrogen-bond donors (Lipinski definition) is 1. The number of ether oxygens (including phenoxy) is 1. The largest absolute Gasteiger partial charge is 0.377 e. The van der Waals surface area contributed by atoms with E-state index >= 15 is 0 Å². The highest BCUT2D eigenvalue weighted by molar-refractivity contribution is 7.98. The van der Waals surface area contributed by atoms with Gasteiger partial charge in [0.15, 0.2) is 0 Å². The van der Waals surface area contributed by atoms with E-state index in [2.05, 4.69) is 27.0 Å². The molecule has 0 aromatic carbocycles. The van der Waals surface area contributed by atoms with Crippen molar-refractivity contribution >= 4 is 17.7 Å². The Kier molecular flexibility index (Phi) is 3.93. The topological polar surface area (TPSA) is 55.6 Å². The number of thioether (sulfide) groups is 1. The van der Waals surface area contributed by atoms with Gasteiger partial charge in [-0.25, -0.2) is 0 Å². The van der Waals surface area contributed by atoms with Gasteiger partial charge in [-0.3, -0.25) is 4.79 Å². The third kappa shape index (κ3) is 1.93. The van der Waals surface area contributed by atoms with E-state index in [-0.39, 0.29) is 29.4 Å². The predicted molar refractivity (Wildman–Crippen MR) is 79.2 cm³/mol. The van der Waals surface area contributed by atoms with Crippen LogP contribution in [0.3, 0.4) is 0 Å². The molecule has 2 N–H and O–H groups in total. The molecule has 0 bridgehead atoms. The number of hydrogen-bond acceptors (Lipinski definition) is 4. The second-order valence-electron chi connectivity index (χ2n) is 6.50. The van der Waals surface area contributed by atoms with Crippen LogP contribution in [0, 0.1) is 11.3 Å². The van der Waals surface area contributed by atoms with Crippen molar-refractivity contribution in [2.45, 2.75) is 44.9 Å². The van der Waals surface area contributed by atoms with E-state index in [9.17, 15) is 4.79 Å². The Labute approximate surface area is 120 Å². The molecule has 1 aliphatic carbocycles. The summed E-state index contributed by atoms with van der Waals surface area (Å²) in [5.41, 5.74) is 5.52. The summed E-state index contributed by atoms with van der Waals surface area (Å²) < 4.78 is 5.75. The molecule has 4 nitrogen and oxygen atoms in total. The molecule has 0 aromatic rings. The molecule has 4 atom stereocenters. The van der Waals surface area contributed by atoms with Gasteiger partial charge in [0.05, 0.1) is 6.10 Å². The maximum Gasteiger partial charge on any atom is 0.243 e. The molecular weight excluding hydrogens is 260 g/mol. The van der Waals surface area contributed by atoms with E-state index in [0.29, 0.717) is 0 Å². The van der Waals surface area contributed by atoms with Gasteiger partial charge in [0.1, 0.15) is 5.54 Å². The summed E-state index contributed by atoms with van der Waals surface area (Å²) in [7, 11) is 1.87. The number of nitrogens with zero attached hydrogens (tertiary/aromatic N) is 1. The van der Waals surface area contributed by atoms with Crippen LogP contribution in [0.2, 0.25) is 0 Å². The average Bonchev–Trinajstić information content (AvgIpc) is 2.84. The predicted octanol–water partition coefficient (Wildman–Crippen LogP) is 1.34. The lowest BCUT2D eigenvalue weighted by Crippen LogP contribution is -2.80. The minimum Gasteiger partial charge on any atom is -0.377 e. The van der Waals surface area contributed by atoms with Gasteiger partial charge in [-0.2, -0.15) is 11.8 Å². The minimum absolute atomic E-state index is 0.0748. The maximum absolute atomic E-state index is 12.9. The Morgan fingerprint density at radius 3 is 2.79 bits per heavy atom. The first-order chi connectivity index (χ1) is 8.78. The van der Waals surface area contributed by atoms with E-state index in [1.807, 2.05) is 11.9 Å². The van der Waals surface area contributed by atoms with Gasteiger partial charge in [0.25, 0.3) is 0 Å². The molecule has 19 heavy (non-hydrogen) atoms. The van der Waals surface area contributed by atoms with E-state index in [4.69, 9.17) is 10.5 Å². The SMILES string of the molecule is CSCC(C)N(C)C(=O)C1(N)C2CCOC2C1(C)C. The molecule has 1 amide bonds. The number of carbonyl (C=O) groups is 1. The van der Waals surface area contributed by atoms with Crippen molar-refractivity contribution in [3.8, 4) is 0 Å². The third-order valence-electron chi connectivity index (χ3n) is 5.20. The lowest BCUT2D eigenvalue weighted by molar-refractivity contribution is -0.184. The van der Waals surface area contributed by atoms with Gasteiger partial charge >= 0.3 is 0 Å². The summed E-state index contributed by atoms with van der Waals surface area (Å²) in [6.07, 6.45) is 3.10. The molecule has 4 unspecified atom stereocenters. The van der Waals surface area contributed by atoms with Gasteiger partial charge in [0.2, 0.25) is 5.91 Å². The fourth-order valence-corrected chi connectivity index (χ4v) is 4.37. The highest BCUT2D eigenvalue weighted by Crippen LogP contribution is 2.58. The summed E-state index contributed by atoms with van der Waals surface area (Å²) in [5, 5.41) is 0. The highest BCUT2D eigenvalue weighted by atomic mass is 32.2. The smallest absolute Gasteiger partial charge is 0.243 e. The standard InChI is InChI=1S/C14H26N2O2S/c1-9(8-19-5)16(4)12(17)14(15)10-6-7-18-11(10)13(14,2)3/h9-11H,6-8,15H2,1-5H3. The van der Waals surface area contributed by atoms with E-state index in [1.165, 1.54) is 0 Å². The molecule has 1 saturated carbocycles. The molecule has 1 aliphatic heterocycles. The van der Waals surface area contributed by atoms with E-state index in [1.54, 1.807) is 11.8 Å². The van der Waals surface area contributed by atoms with Crippen molar-refractivity contribution in [1.82, 2.24) is 4.90 Å². The van der Waals surface area contributed by atoms with Crippen LogP contribution in [0.15, 0.2) is 0 Å². The fourth-order valence-electron chi connectivity index (χ4n) is 3.66. The number of nitrogens with two attached hydrogens (primary N) is 1. The molecule has 2 rings (SSSR count). The van der Waals surface area contributed by atoms with Gasteiger partial charge < -0.3 is 15.4 Å². The minimum atomic E-state index is -0.768. The van der Waals surface area contributed by atoms with E-state index in [0.717, 1.165) is 18.8 Å². The summed E-state index contributed by atoms with van der Waals surface area (Å²) in [6, 6.07) is 0.208. The Balaban J connectivity index is 2.18. The monoisotopic (exact) mass is 286 g/mol. The molecule has 5 heteroatoms. The van der Waals surface area contributed by atoms with Gasteiger partial charge in [0, 0.05) is 36.8 Å². The van der Waals surface area contributed by atoms with Crippen LogP contribution in [0.5, 0.6) is 0 Å². The maximum atomic E-state index is 12.9. The van der Waals surface area contributed by atoms with Gasteiger partial charge in [-0.1, -0.05) is 13.8 Å². The van der Waals surface area contributed by atoms with Gasteiger partial charge in [-0.15, -0.1) is 0 Å². The lowest BCUT2D eigenvalue weighted by atomic mass is 9.47. The molecular formula is C14H26N2O2S. The first kappa shape index (κ1) is 15.1. The van der Waals surface area contributed by atoms with Crippen LogP contribution < -0.4 is 5.73 Å². The lowest BCUT2D eigenvalue weighted by Gasteiger charge is -2.61. The molecule has 1 heterocycles. The zero-order chi connectivity index (χ0) is 14.4. The first-order valence-electron chi connectivity index (χ1n) is 6.95.